The monoisotopic (exact) mass is 364 g/mol. The van der Waals surface area contributed by atoms with Gasteiger partial charge >= 0.3 is 0 Å². The van der Waals surface area contributed by atoms with Gasteiger partial charge in [-0.2, -0.15) is 0 Å². The summed E-state index contributed by atoms with van der Waals surface area (Å²) < 4.78 is 38.8. The van der Waals surface area contributed by atoms with Gasteiger partial charge in [-0.15, -0.1) is 0 Å². The molecule has 2 aromatic rings. The molecule has 0 aromatic heterocycles. The first-order valence-corrected chi connectivity index (χ1v) is 9.57. The Kier molecular flexibility index (Phi) is 5.47. The van der Waals surface area contributed by atoms with E-state index >= 15 is 0 Å². The van der Waals surface area contributed by atoms with Crippen molar-refractivity contribution in [2.24, 2.45) is 0 Å². The van der Waals surface area contributed by atoms with Crippen molar-refractivity contribution in [2.75, 3.05) is 15.9 Å². The van der Waals surface area contributed by atoms with E-state index in [2.05, 4.69) is 5.32 Å². The third kappa shape index (κ3) is 4.57. The molecule has 0 fully saturated rings. The van der Waals surface area contributed by atoms with Crippen LogP contribution in [0.3, 0.4) is 0 Å². The minimum atomic E-state index is -3.78. The number of aryl methyl sites for hydroxylation is 2. The maximum atomic E-state index is 13.5. The number of carbonyl (C=O) groups is 1. The van der Waals surface area contributed by atoms with E-state index in [-0.39, 0.29) is 5.69 Å². The van der Waals surface area contributed by atoms with E-state index in [0.717, 1.165) is 27.8 Å². The van der Waals surface area contributed by atoms with Gasteiger partial charge in [0.2, 0.25) is 15.9 Å². The number of hydrogen-bond donors (Lipinski definition) is 1. The number of benzene rings is 2. The summed E-state index contributed by atoms with van der Waals surface area (Å²) >= 11 is 0. The predicted molar refractivity (Wildman–Crippen MR) is 97.7 cm³/mol. The van der Waals surface area contributed by atoms with Crippen molar-refractivity contribution in [3.8, 4) is 0 Å². The van der Waals surface area contributed by atoms with Gasteiger partial charge in [-0.25, -0.2) is 12.8 Å². The van der Waals surface area contributed by atoms with E-state index in [9.17, 15) is 17.6 Å². The van der Waals surface area contributed by atoms with E-state index < -0.39 is 27.8 Å². The van der Waals surface area contributed by atoms with E-state index in [4.69, 9.17) is 0 Å². The van der Waals surface area contributed by atoms with Crippen molar-refractivity contribution >= 4 is 27.3 Å². The minimum Gasteiger partial charge on any atom is -0.324 e. The second-order valence-corrected chi connectivity index (χ2v) is 7.88. The van der Waals surface area contributed by atoms with Crippen LogP contribution in [-0.4, -0.2) is 26.6 Å². The molecule has 7 heteroatoms. The predicted octanol–water partition coefficient (Wildman–Crippen LogP) is 3.24. The minimum absolute atomic E-state index is 0.103. The number of sulfonamides is 1. The topological polar surface area (TPSA) is 66.5 Å². The highest BCUT2D eigenvalue weighted by Gasteiger charge is 2.29. The molecule has 0 heterocycles. The Labute approximate surface area is 147 Å². The van der Waals surface area contributed by atoms with Crippen LogP contribution in [0.2, 0.25) is 0 Å². The van der Waals surface area contributed by atoms with Gasteiger partial charge < -0.3 is 5.32 Å². The Bertz CT molecular complexity index is 897. The van der Waals surface area contributed by atoms with Crippen LogP contribution in [0, 0.1) is 19.7 Å². The van der Waals surface area contributed by atoms with Crippen molar-refractivity contribution in [3.63, 3.8) is 0 Å². The molecule has 0 aliphatic heterocycles. The molecule has 0 saturated carbocycles. The molecule has 1 amide bonds. The number of anilines is 2. The maximum Gasteiger partial charge on any atom is 0.248 e. The van der Waals surface area contributed by atoms with E-state index in [0.29, 0.717) is 5.69 Å². The molecule has 0 aliphatic rings. The smallest absolute Gasteiger partial charge is 0.248 e. The molecule has 2 aromatic carbocycles. The van der Waals surface area contributed by atoms with Crippen molar-refractivity contribution < 1.29 is 17.6 Å². The molecule has 2 rings (SSSR count). The SMILES string of the molecule is Cc1ccc(C)c(NC(=O)C(C)N(c2cccc(F)c2)S(C)(=O)=O)c1. The fourth-order valence-electron chi connectivity index (χ4n) is 2.53. The fourth-order valence-corrected chi connectivity index (χ4v) is 3.70. The van der Waals surface area contributed by atoms with E-state index in [1.165, 1.54) is 25.1 Å². The van der Waals surface area contributed by atoms with Crippen LogP contribution >= 0.6 is 0 Å². The number of hydrogen-bond acceptors (Lipinski definition) is 3. The summed E-state index contributed by atoms with van der Waals surface area (Å²) in [6.07, 6.45) is 0.986. The second kappa shape index (κ2) is 7.23. The highest BCUT2D eigenvalue weighted by Crippen LogP contribution is 2.23. The summed E-state index contributed by atoms with van der Waals surface area (Å²) in [5.41, 5.74) is 2.55. The summed E-state index contributed by atoms with van der Waals surface area (Å²) in [5, 5.41) is 2.75. The normalized spacial score (nSPS) is 12.5. The lowest BCUT2D eigenvalue weighted by atomic mass is 10.1. The Morgan fingerprint density at radius 1 is 1.16 bits per heavy atom. The number of nitrogens with one attached hydrogen (secondary N) is 1. The molecule has 25 heavy (non-hydrogen) atoms. The Morgan fingerprint density at radius 3 is 2.44 bits per heavy atom. The third-order valence-corrected chi connectivity index (χ3v) is 5.04. The number of rotatable bonds is 5. The van der Waals surface area contributed by atoms with Crippen LogP contribution in [0.25, 0.3) is 0 Å². The third-order valence-electron chi connectivity index (χ3n) is 3.80. The highest BCUT2D eigenvalue weighted by molar-refractivity contribution is 7.92. The van der Waals surface area contributed by atoms with Crippen LogP contribution < -0.4 is 9.62 Å². The molecule has 0 saturated heterocycles. The van der Waals surface area contributed by atoms with Crippen LogP contribution in [0.5, 0.6) is 0 Å². The number of halogens is 1. The zero-order chi connectivity index (χ0) is 18.8. The first-order valence-electron chi connectivity index (χ1n) is 7.72. The zero-order valence-corrected chi connectivity index (χ0v) is 15.4. The van der Waals surface area contributed by atoms with Gasteiger partial charge in [0.05, 0.1) is 11.9 Å². The molecular formula is C18H21FN2O3S. The average molecular weight is 364 g/mol. The summed E-state index contributed by atoms with van der Waals surface area (Å²) in [6, 6.07) is 9.71. The largest absolute Gasteiger partial charge is 0.324 e. The van der Waals surface area contributed by atoms with Gasteiger partial charge in [-0.05, 0) is 56.2 Å². The lowest BCUT2D eigenvalue weighted by molar-refractivity contribution is -0.116. The van der Waals surface area contributed by atoms with Crippen molar-refractivity contribution in [3.05, 3.63) is 59.4 Å². The summed E-state index contributed by atoms with van der Waals surface area (Å²) in [6.45, 7) is 5.21. The molecule has 5 nitrogen and oxygen atoms in total. The summed E-state index contributed by atoms with van der Waals surface area (Å²) in [4.78, 5) is 12.6. The van der Waals surface area contributed by atoms with Gasteiger partial charge in [0.1, 0.15) is 11.9 Å². The molecule has 0 bridgehead atoms. The molecule has 1 N–H and O–H groups in total. The molecule has 1 unspecified atom stereocenters. The van der Waals surface area contributed by atoms with E-state index in [1.807, 2.05) is 32.0 Å². The zero-order valence-electron chi connectivity index (χ0n) is 14.6. The van der Waals surface area contributed by atoms with Gasteiger partial charge in [0.15, 0.2) is 0 Å². The average Bonchev–Trinajstić information content (AvgIpc) is 2.49. The Balaban J connectivity index is 2.35. The van der Waals surface area contributed by atoms with Gasteiger partial charge in [-0.3, -0.25) is 9.10 Å². The van der Waals surface area contributed by atoms with Crippen LogP contribution in [-0.2, 0) is 14.8 Å². The lowest BCUT2D eigenvalue weighted by Gasteiger charge is -2.28. The number of carbonyl (C=O) groups excluding carboxylic acids is 1. The molecule has 0 aliphatic carbocycles. The molecule has 1 atom stereocenters. The van der Waals surface area contributed by atoms with Crippen LogP contribution in [0.15, 0.2) is 42.5 Å². The van der Waals surface area contributed by atoms with Crippen LogP contribution in [0.1, 0.15) is 18.1 Å². The number of amides is 1. The molecule has 134 valence electrons. The molecule has 0 spiro atoms. The fraction of sp³-hybridized carbons (Fsp3) is 0.278. The summed E-state index contributed by atoms with van der Waals surface area (Å²) in [7, 11) is -3.78. The molecular weight excluding hydrogens is 343 g/mol. The first kappa shape index (κ1) is 18.9. The number of nitrogens with zero attached hydrogens (tertiary/aromatic N) is 1. The standard InChI is InChI=1S/C18H21FN2O3S/c1-12-8-9-13(2)17(10-12)20-18(22)14(3)21(25(4,23)24)16-7-5-6-15(19)11-16/h5-11,14H,1-4H3,(H,20,22). The quantitative estimate of drug-likeness (QED) is 0.886. The van der Waals surface area contributed by atoms with Gasteiger partial charge in [-0.1, -0.05) is 18.2 Å². The lowest BCUT2D eigenvalue weighted by Crippen LogP contribution is -2.45. The van der Waals surface area contributed by atoms with Gasteiger partial charge in [0, 0.05) is 5.69 Å². The van der Waals surface area contributed by atoms with Crippen molar-refractivity contribution in [1.82, 2.24) is 0 Å². The van der Waals surface area contributed by atoms with E-state index in [1.54, 1.807) is 0 Å². The Morgan fingerprint density at radius 2 is 1.84 bits per heavy atom. The van der Waals surface area contributed by atoms with Crippen molar-refractivity contribution in [1.29, 1.82) is 0 Å². The van der Waals surface area contributed by atoms with Crippen LogP contribution in [0.4, 0.5) is 15.8 Å². The second-order valence-electron chi connectivity index (χ2n) is 6.02. The first-order chi connectivity index (χ1) is 11.6. The van der Waals surface area contributed by atoms with Crippen molar-refractivity contribution in [2.45, 2.75) is 26.8 Å². The molecule has 0 radical (unpaired) electrons. The highest BCUT2D eigenvalue weighted by atomic mass is 32.2. The summed E-state index contributed by atoms with van der Waals surface area (Å²) in [5.74, 6) is -1.07. The maximum absolute atomic E-state index is 13.5. The Hall–Kier alpha value is -2.41. The van der Waals surface area contributed by atoms with Gasteiger partial charge in [0.25, 0.3) is 0 Å².